The van der Waals surface area contributed by atoms with Gasteiger partial charge in [0.2, 0.25) is 14.2 Å². The minimum absolute atomic E-state index is 0.107. The van der Waals surface area contributed by atoms with Crippen LogP contribution in [0.2, 0.25) is 33.2 Å². The number of nitrogens with zero attached hydrogens (tertiary/aromatic N) is 1. The molecule has 44 heavy (non-hydrogen) atoms. The molecule has 8 heteroatoms. The SMILES string of the molecule is CC(C)=CCC[C@]1(C)C(CO[Si](C(C)C)(C(C)C)C(C)C)=C(O[Si](C(C)C)(C(C)C)C(C)C)CC[C@H]1C(=O)N1CCOC1=O. The molecule has 1 aliphatic carbocycles. The maximum atomic E-state index is 14.2. The predicted octanol–water partition coefficient (Wildman–Crippen LogP) is 10.8. The summed E-state index contributed by atoms with van der Waals surface area (Å²) in [7, 11) is -4.50. The van der Waals surface area contributed by atoms with Crippen LogP contribution in [0.3, 0.4) is 0 Å². The van der Waals surface area contributed by atoms with Gasteiger partial charge < -0.3 is 13.6 Å². The average Bonchev–Trinajstić information content (AvgIpc) is 3.32. The third-order valence-corrected chi connectivity index (χ3v) is 23.2. The summed E-state index contributed by atoms with van der Waals surface area (Å²) in [6.45, 7) is 35.5. The summed E-state index contributed by atoms with van der Waals surface area (Å²) in [5.41, 5.74) is 4.55. The van der Waals surface area contributed by atoms with Crippen LogP contribution >= 0.6 is 0 Å². The minimum atomic E-state index is -2.28. The van der Waals surface area contributed by atoms with Crippen molar-refractivity contribution in [2.75, 3.05) is 19.8 Å². The Morgan fingerprint density at radius 1 is 0.909 bits per heavy atom. The second kappa shape index (κ2) is 15.5. The predicted molar refractivity (Wildman–Crippen MR) is 189 cm³/mol. The highest BCUT2D eigenvalue weighted by Crippen LogP contribution is 2.54. The molecule has 0 saturated carbocycles. The van der Waals surface area contributed by atoms with Crippen molar-refractivity contribution in [2.45, 2.75) is 163 Å². The molecule has 0 spiro atoms. The maximum absolute atomic E-state index is 14.2. The first kappa shape index (κ1) is 38.8. The number of ether oxygens (including phenoxy) is 1. The molecule has 2 atom stereocenters. The quantitative estimate of drug-likeness (QED) is 0.130. The van der Waals surface area contributed by atoms with Gasteiger partial charge in [0.25, 0.3) is 8.32 Å². The maximum Gasteiger partial charge on any atom is 0.416 e. The lowest BCUT2D eigenvalue weighted by Gasteiger charge is -2.50. The first-order valence-electron chi connectivity index (χ1n) is 17.5. The van der Waals surface area contributed by atoms with Crippen molar-refractivity contribution in [3.63, 3.8) is 0 Å². The molecule has 6 nitrogen and oxygen atoms in total. The second-order valence-electron chi connectivity index (χ2n) is 15.9. The molecule has 0 radical (unpaired) electrons. The lowest BCUT2D eigenvalue weighted by Crippen LogP contribution is -2.52. The van der Waals surface area contributed by atoms with Gasteiger partial charge in [-0.1, -0.05) is 102 Å². The van der Waals surface area contributed by atoms with Crippen molar-refractivity contribution < 1.29 is 23.2 Å². The number of hydrogen-bond donors (Lipinski definition) is 0. The molecule has 2 rings (SSSR count). The summed E-state index contributed by atoms with van der Waals surface area (Å²) < 4.78 is 20.1. The molecule has 0 N–H and O–H groups in total. The molecule has 0 aromatic heterocycles. The van der Waals surface area contributed by atoms with E-state index in [9.17, 15) is 9.59 Å². The summed E-state index contributed by atoms with van der Waals surface area (Å²) in [4.78, 5) is 28.2. The smallest absolute Gasteiger partial charge is 0.416 e. The van der Waals surface area contributed by atoms with Crippen LogP contribution in [0.5, 0.6) is 0 Å². The number of rotatable bonds is 15. The number of hydrogen-bond acceptors (Lipinski definition) is 5. The Labute approximate surface area is 273 Å². The highest BCUT2D eigenvalue weighted by Gasteiger charge is 2.53. The Morgan fingerprint density at radius 2 is 1.41 bits per heavy atom. The summed E-state index contributed by atoms with van der Waals surface area (Å²) in [6, 6.07) is 0. The van der Waals surface area contributed by atoms with Gasteiger partial charge in [0.1, 0.15) is 6.61 Å². The Bertz CT molecular complexity index is 1010. The number of imide groups is 1. The molecule has 1 saturated heterocycles. The van der Waals surface area contributed by atoms with Crippen molar-refractivity contribution in [1.29, 1.82) is 0 Å². The van der Waals surface area contributed by atoms with Crippen molar-refractivity contribution in [1.82, 2.24) is 4.90 Å². The van der Waals surface area contributed by atoms with Gasteiger partial charge in [0.15, 0.2) is 0 Å². The van der Waals surface area contributed by atoms with Gasteiger partial charge in [-0.2, -0.15) is 0 Å². The van der Waals surface area contributed by atoms with Gasteiger partial charge in [0, 0.05) is 17.8 Å². The van der Waals surface area contributed by atoms with E-state index >= 15 is 0 Å². The van der Waals surface area contributed by atoms with E-state index in [4.69, 9.17) is 13.6 Å². The van der Waals surface area contributed by atoms with Gasteiger partial charge in [0.05, 0.1) is 18.9 Å². The van der Waals surface area contributed by atoms with E-state index < -0.39 is 28.1 Å². The number of carbonyl (C=O) groups is 2. The van der Waals surface area contributed by atoms with Crippen molar-refractivity contribution in [3.8, 4) is 0 Å². The van der Waals surface area contributed by atoms with Crippen molar-refractivity contribution in [2.24, 2.45) is 11.3 Å². The van der Waals surface area contributed by atoms with Crippen molar-refractivity contribution >= 4 is 28.6 Å². The van der Waals surface area contributed by atoms with Crippen LogP contribution in [-0.4, -0.2) is 53.3 Å². The molecule has 0 unspecified atom stereocenters. The molecule has 1 heterocycles. The lowest BCUT2D eigenvalue weighted by molar-refractivity contribution is -0.136. The summed E-state index contributed by atoms with van der Waals surface area (Å²) in [5, 5.41) is 0. The number of allylic oxidation sites excluding steroid dienone is 3. The van der Waals surface area contributed by atoms with E-state index in [2.05, 4.69) is 110 Å². The molecule has 2 amide bonds. The van der Waals surface area contributed by atoms with Gasteiger partial charge in [-0.3, -0.25) is 4.79 Å². The Morgan fingerprint density at radius 3 is 1.82 bits per heavy atom. The molecule has 1 aliphatic heterocycles. The number of cyclic esters (lactones) is 1. The lowest BCUT2D eigenvalue weighted by atomic mass is 9.63. The third-order valence-electron chi connectivity index (χ3n) is 11.2. The van der Waals surface area contributed by atoms with Crippen LogP contribution in [0.15, 0.2) is 23.0 Å². The number of amides is 2. The summed E-state index contributed by atoms with van der Waals surface area (Å²) in [6.07, 6.45) is 4.76. The van der Waals surface area contributed by atoms with E-state index in [0.29, 0.717) is 59.2 Å². The normalized spacial score (nSPS) is 21.9. The Balaban J connectivity index is 2.85. The van der Waals surface area contributed by atoms with E-state index in [1.165, 1.54) is 10.5 Å². The van der Waals surface area contributed by atoms with E-state index in [1.54, 1.807) is 0 Å². The van der Waals surface area contributed by atoms with E-state index in [0.717, 1.165) is 24.2 Å². The molecule has 0 aromatic carbocycles. The molecular formula is C36H67NO5Si2. The third kappa shape index (κ3) is 7.59. The largest absolute Gasteiger partial charge is 0.546 e. The van der Waals surface area contributed by atoms with Crippen LogP contribution in [0.25, 0.3) is 0 Å². The average molecular weight is 650 g/mol. The first-order valence-corrected chi connectivity index (χ1v) is 21.7. The molecule has 0 bridgehead atoms. The molecule has 2 aliphatic rings. The van der Waals surface area contributed by atoms with E-state index in [1.807, 2.05) is 0 Å². The fraction of sp³-hybridized carbons (Fsp3) is 0.833. The molecule has 0 aromatic rings. The monoisotopic (exact) mass is 649 g/mol. The van der Waals surface area contributed by atoms with Gasteiger partial charge in [-0.05, 0) is 71.9 Å². The van der Waals surface area contributed by atoms with Crippen LogP contribution in [-0.2, 0) is 18.4 Å². The Kier molecular flexibility index (Phi) is 13.6. The van der Waals surface area contributed by atoms with Crippen LogP contribution in [0.1, 0.15) is 130 Å². The van der Waals surface area contributed by atoms with Crippen LogP contribution in [0.4, 0.5) is 4.79 Å². The molecule has 254 valence electrons. The highest BCUT2D eigenvalue weighted by atomic mass is 28.4. The number of carbonyl (C=O) groups excluding carboxylic acids is 2. The van der Waals surface area contributed by atoms with Gasteiger partial charge >= 0.3 is 6.09 Å². The standard InChI is InChI=1S/C36H67NO5Si2/c1-24(2)17-16-20-36(15)31(34(38)37-21-22-40-35(37)39)18-19-33(42-44(28(9)10,29(11)12)30(13)14)32(36)23-41-43(25(3)4,26(5)6)27(7)8/h17,25-31H,16,18-23H2,1-15H3/t31-,36-/m0/s1. The minimum Gasteiger partial charge on any atom is -0.546 e. The van der Waals surface area contributed by atoms with Crippen LogP contribution in [0, 0.1) is 11.3 Å². The first-order chi connectivity index (χ1) is 20.3. The molecule has 1 fully saturated rings. The van der Waals surface area contributed by atoms with Crippen LogP contribution < -0.4 is 0 Å². The summed E-state index contributed by atoms with van der Waals surface area (Å²) in [5.74, 6) is 0.620. The van der Waals surface area contributed by atoms with Crippen molar-refractivity contribution in [3.05, 3.63) is 23.0 Å². The second-order valence-corrected chi connectivity index (χ2v) is 26.7. The summed E-state index contributed by atoms with van der Waals surface area (Å²) >= 11 is 0. The zero-order valence-corrected chi connectivity index (χ0v) is 33.1. The van der Waals surface area contributed by atoms with E-state index in [-0.39, 0.29) is 18.4 Å². The highest BCUT2D eigenvalue weighted by molar-refractivity contribution is 6.78. The topological polar surface area (TPSA) is 65.1 Å². The van der Waals surface area contributed by atoms with Gasteiger partial charge in [-0.25, -0.2) is 9.69 Å². The zero-order valence-electron chi connectivity index (χ0n) is 31.1. The van der Waals surface area contributed by atoms with Gasteiger partial charge in [-0.15, -0.1) is 0 Å². The zero-order chi connectivity index (χ0) is 33.8. The molecular weight excluding hydrogens is 583 g/mol. The Hall–Kier alpha value is -1.39. The fourth-order valence-corrected chi connectivity index (χ4v) is 19.8. The fourth-order valence-electron chi connectivity index (χ4n) is 9.06.